The van der Waals surface area contributed by atoms with Crippen molar-refractivity contribution in [3.8, 4) is 5.75 Å². The van der Waals surface area contributed by atoms with Crippen LogP contribution in [0.25, 0.3) is 0 Å². The number of fused-ring (bicyclic) bond motifs is 5. The molecule has 4 rings (SSSR count). The first kappa shape index (κ1) is 24.8. The van der Waals surface area contributed by atoms with Crippen LogP contribution in [-0.2, 0) is 16.0 Å². The number of hydrogen-bond donors (Lipinski definition) is 1. The maximum atomic E-state index is 12.5. The summed E-state index contributed by atoms with van der Waals surface area (Å²) in [7, 11) is -0.0133. The number of rotatable bonds is 5. The van der Waals surface area contributed by atoms with Crippen LogP contribution in [0.2, 0.25) is 18.1 Å². The molecule has 0 saturated heterocycles. The lowest BCUT2D eigenvalue weighted by Crippen LogP contribution is -2.46. The largest absolute Gasteiger partial charge is 0.543 e. The number of carbonyl (C=O) groups excluding carboxylic acids is 1. The normalized spacial score (nSPS) is 32.4. The van der Waals surface area contributed by atoms with Gasteiger partial charge in [0.25, 0.3) is 0 Å². The van der Waals surface area contributed by atoms with E-state index >= 15 is 0 Å². The molecule has 3 aliphatic carbocycles. The van der Waals surface area contributed by atoms with Gasteiger partial charge in [0.1, 0.15) is 17.9 Å². The van der Waals surface area contributed by atoms with E-state index in [0.717, 1.165) is 25.0 Å². The van der Waals surface area contributed by atoms with E-state index in [-0.39, 0.29) is 28.6 Å². The molecule has 0 aliphatic heterocycles. The number of ether oxygens (including phenoxy) is 1. The fourth-order valence-electron chi connectivity index (χ4n) is 6.58. The van der Waals surface area contributed by atoms with Crippen LogP contribution in [0.1, 0.15) is 83.8 Å². The van der Waals surface area contributed by atoms with E-state index in [0.29, 0.717) is 17.8 Å². The molecule has 1 aromatic carbocycles. The smallest absolute Gasteiger partial charge is 0.323 e. The van der Waals surface area contributed by atoms with E-state index in [1.807, 2.05) is 14.0 Å². The summed E-state index contributed by atoms with van der Waals surface area (Å²) in [6, 6.07) is 6.71. The lowest BCUT2D eigenvalue weighted by molar-refractivity contribution is -0.159. The molecule has 0 spiro atoms. The predicted molar refractivity (Wildman–Crippen MR) is 137 cm³/mol. The second kappa shape index (κ2) is 8.71. The lowest BCUT2D eigenvalue weighted by atomic mass is 9.55. The first-order valence-electron chi connectivity index (χ1n) is 13.1. The van der Waals surface area contributed by atoms with Crippen LogP contribution < -0.4 is 9.74 Å². The Labute approximate surface area is 202 Å². The highest BCUT2D eigenvalue weighted by molar-refractivity contribution is 6.74. The summed E-state index contributed by atoms with van der Waals surface area (Å²) in [5, 5.41) is 3.23. The van der Waals surface area contributed by atoms with Gasteiger partial charge in [-0.05, 0) is 112 Å². The zero-order valence-corrected chi connectivity index (χ0v) is 23.1. The van der Waals surface area contributed by atoms with E-state index in [2.05, 4.69) is 64.3 Å². The highest BCUT2D eigenvalue weighted by Gasteiger charge is 2.56. The highest BCUT2D eigenvalue weighted by atomic mass is 28.4. The van der Waals surface area contributed by atoms with Crippen LogP contribution in [0, 0.1) is 17.3 Å². The SMILES string of the molecule is CNC(C)C(=O)OC1CCC2C3CCc4cc(O[Si](C)(C)C(C)(C)C)ccc4C3CCC12C. The van der Waals surface area contributed by atoms with Gasteiger partial charge in [0.05, 0.1) is 0 Å². The van der Waals surface area contributed by atoms with Crippen molar-refractivity contribution < 1.29 is 14.0 Å². The topological polar surface area (TPSA) is 47.6 Å². The molecule has 0 radical (unpaired) electrons. The van der Waals surface area contributed by atoms with Crippen LogP contribution in [0.15, 0.2) is 18.2 Å². The van der Waals surface area contributed by atoms with Crippen LogP contribution in [0.4, 0.5) is 0 Å². The second-order valence-electron chi connectivity index (χ2n) is 12.7. The van der Waals surface area contributed by atoms with Crippen molar-refractivity contribution in [2.24, 2.45) is 17.3 Å². The van der Waals surface area contributed by atoms with E-state index in [1.54, 1.807) is 5.56 Å². The van der Waals surface area contributed by atoms with Crippen molar-refractivity contribution in [1.29, 1.82) is 0 Å². The van der Waals surface area contributed by atoms with Gasteiger partial charge in [0, 0.05) is 5.41 Å². The standard InChI is InChI=1S/C28H45NO3Si/c1-18(29-6)26(30)31-25-14-13-24-23-11-9-19-17-20(32-33(7,8)27(2,3)4)10-12-21(19)22(23)15-16-28(24,25)5/h10,12,17-18,22-25,29H,9,11,13-16H2,1-8H3. The molecule has 2 saturated carbocycles. The monoisotopic (exact) mass is 471 g/mol. The van der Waals surface area contributed by atoms with E-state index in [4.69, 9.17) is 9.16 Å². The molecular formula is C28H45NO3Si. The van der Waals surface area contributed by atoms with Crippen LogP contribution in [-0.4, -0.2) is 33.5 Å². The van der Waals surface area contributed by atoms with Gasteiger partial charge in [-0.25, -0.2) is 0 Å². The van der Waals surface area contributed by atoms with Crippen LogP contribution in [0.5, 0.6) is 5.75 Å². The number of aryl methyl sites for hydroxylation is 1. The third-order valence-electron chi connectivity index (χ3n) is 9.84. The number of carbonyl (C=O) groups is 1. The Morgan fingerprint density at radius 2 is 1.91 bits per heavy atom. The molecular weight excluding hydrogens is 426 g/mol. The summed E-state index contributed by atoms with van der Waals surface area (Å²) >= 11 is 0. The number of nitrogens with one attached hydrogen (secondary N) is 1. The molecule has 5 heteroatoms. The minimum Gasteiger partial charge on any atom is -0.543 e. The third-order valence-corrected chi connectivity index (χ3v) is 14.2. The molecule has 33 heavy (non-hydrogen) atoms. The molecule has 3 aliphatic rings. The molecule has 1 aromatic rings. The van der Waals surface area contributed by atoms with Gasteiger partial charge in [0.15, 0.2) is 0 Å². The van der Waals surface area contributed by atoms with Crippen molar-refractivity contribution in [2.45, 2.75) is 109 Å². The summed E-state index contributed by atoms with van der Waals surface area (Å²) < 4.78 is 12.7. The Morgan fingerprint density at radius 3 is 2.58 bits per heavy atom. The minimum absolute atomic E-state index is 0.0634. The quantitative estimate of drug-likeness (QED) is 0.396. The van der Waals surface area contributed by atoms with E-state index < -0.39 is 8.32 Å². The van der Waals surface area contributed by atoms with Crippen LogP contribution in [0.3, 0.4) is 0 Å². The summed E-state index contributed by atoms with van der Waals surface area (Å²) in [6.07, 6.45) is 6.99. The minimum atomic E-state index is -1.83. The second-order valence-corrected chi connectivity index (χ2v) is 17.4. The Hall–Kier alpha value is -1.33. The van der Waals surface area contributed by atoms with Crippen LogP contribution >= 0.6 is 0 Å². The maximum Gasteiger partial charge on any atom is 0.323 e. The van der Waals surface area contributed by atoms with Crippen molar-refractivity contribution >= 4 is 14.3 Å². The van der Waals surface area contributed by atoms with Gasteiger partial charge in [-0.1, -0.05) is 33.8 Å². The maximum absolute atomic E-state index is 12.5. The molecule has 6 atom stereocenters. The molecule has 1 N–H and O–H groups in total. The van der Waals surface area contributed by atoms with Crippen molar-refractivity contribution in [1.82, 2.24) is 5.32 Å². The summed E-state index contributed by atoms with van der Waals surface area (Å²) in [5.74, 6) is 2.95. The fraction of sp³-hybridized carbons (Fsp3) is 0.750. The van der Waals surface area contributed by atoms with E-state index in [9.17, 15) is 4.79 Å². The Kier molecular flexibility index (Phi) is 6.54. The molecule has 184 valence electrons. The molecule has 2 fully saturated rings. The van der Waals surface area contributed by atoms with Gasteiger partial charge in [-0.3, -0.25) is 4.79 Å². The lowest BCUT2D eigenvalue weighted by Gasteiger charge is -2.50. The number of likely N-dealkylation sites (N-methyl/N-ethyl adjacent to an activating group) is 1. The Balaban J connectivity index is 1.51. The van der Waals surface area contributed by atoms with Gasteiger partial charge < -0.3 is 14.5 Å². The Bertz CT molecular complexity index is 892. The summed E-state index contributed by atoms with van der Waals surface area (Å²) in [5.41, 5.74) is 3.17. The zero-order chi connectivity index (χ0) is 24.2. The summed E-state index contributed by atoms with van der Waals surface area (Å²) in [4.78, 5) is 12.5. The molecule has 0 amide bonds. The predicted octanol–water partition coefficient (Wildman–Crippen LogP) is 6.45. The Morgan fingerprint density at radius 1 is 1.18 bits per heavy atom. The first-order valence-corrected chi connectivity index (χ1v) is 16.0. The third kappa shape index (κ3) is 4.40. The number of benzene rings is 1. The average Bonchev–Trinajstić information content (AvgIpc) is 3.07. The van der Waals surface area contributed by atoms with Gasteiger partial charge in [-0.15, -0.1) is 0 Å². The van der Waals surface area contributed by atoms with Crippen molar-refractivity contribution in [3.05, 3.63) is 29.3 Å². The van der Waals surface area contributed by atoms with Gasteiger partial charge >= 0.3 is 5.97 Å². The number of hydrogen-bond acceptors (Lipinski definition) is 4. The number of esters is 1. The summed E-state index contributed by atoms with van der Waals surface area (Å²) in [6.45, 7) is 15.8. The molecule has 0 heterocycles. The molecule has 0 aromatic heterocycles. The first-order chi connectivity index (χ1) is 15.4. The average molecular weight is 472 g/mol. The zero-order valence-electron chi connectivity index (χ0n) is 22.1. The van der Waals surface area contributed by atoms with Gasteiger partial charge in [0.2, 0.25) is 8.32 Å². The molecule has 4 nitrogen and oxygen atoms in total. The van der Waals surface area contributed by atoms with Crippen molar-refractivity contribution in [3.63, 3.8) is 0 Å². The molecule has 0 bridgehead atoms. The fourth-order valence-corrected chi connectivity index (χ4v) is 7.60. The highest BCUT2D eigenvalue weighted by Crippen LogP contribution is 2.61. The molecule has 6 unspecified atom stereocenters. The van der Waals surface area contributed by atoms with E-state index in [1.165, 1.54) is 24.8 Å². The van der Waals surface area contributed by atoms with Crippen molar-refractivity contribution in [2.75, 3.05) is 7.05 Å². The van der Waals surface area contributed by atoms with Gasteiger partial charge in [-0.2, -0.15) is 0 Å².